The van der Waals surface area contributed by atoms with Crippen LogP contribution in [0.3, 0.4) is 0 Å². The molecule has 1 aliphatic rings. The van der Waals surface area contributed by atoms with Crippen molar-refractivity contribution >= 4 is 27.5 Å². The smallest absolute Gasteiger partial charge is 0.282 e. The second kappa shape index (κ2) is 8.29. The van der Waals surface area contributed by atoms with Gasteiger partial charge in [0.05, 0.1) is 22.4 Å². The standard InChI is InChI=1S/C21H22BrF2N5O/c1-12-20(22)13(2)28(26-12)10-14-4-3-5-16(8-14)25-19(30)11-29-18(15-6-7-15)9-17(27-29)21(23)24/h3-5,8-9,15,21H,6-7,10-11H2,1-2H3,(H,25,30). The van der Waals surface area contributed by atoms with Gasteiger partial charge in [0.15, 0.2) is 0 Å². The number of carbonyl (C=O) groups excluding carboxylic acids is 1. The van der Waals surface area contributed by atoms with Gasteiger partial charge in [0, 0.05) is 17.3 Å². The fourth-order valence-electron chi connectivity index (χ4n) is 3.48. The lowest BCUT2D eigenvalue weighted by atomic mass is 10.2. The Labute approximate surface area is 181 Å². The Kier molecular flexibility index (Phi) is 5.73. The first-order chi connectivity index (χ1) is 14.3. The second-order valence-corrected chi connectivity index (χ2v) is 8.41. The van der Waals surface area contributed by atoms with Gasteiger partial charge in [0.1, 0.15) is 12.2 Å². The number of rotatable bonds is 7. The molecule has 1 amide bonds. The van der Waals surface area contributed by atoms with Crippen LogP contribution in [0.15, 0.2) is 34.8 Å². The summed E-state index contributed by atoms with van der Waals surface area (Å²) in [5.74, 6) is -0.0759. The molecule has 1 aliphatic carbocycles. The highest BCUT2D eigenvalue weighted by atomic mass is 79.9. The largest absolute Gasteiger partial charge is 0.324 e. The van der Waals surface area contributed by atoms with Crippen molar-refractivity contribution in [2.75, 3.05) is 5.32 Å². The molecule has 1 N–H and O–H groups in total. The Bertz CT molecular complexity index is 1090. The Morgan fingerprint density at radius 2 is 2.00 bits per heavy atom. The lowest BCUT2D eigenvalue weighted by Gasteiger charge is -2.10. The highest BCUT2D eigenvalue weighted by Crippen LogP contribution is 2.41. The maximum absolute atomic E-state index is 13.0. The number of aromatic nitrogens is 4. The predicted octanol–water partition coefficient (Wildman–Crippen LogP) is 4.96. The van der Waals surface area contributed by atoms with Gasteiger partial charge in [-0.15, -0.1) is 0 Å². The summed E-state index contributed by atoms with van der Waals surface area (Å²) in [5, 5.41) is 11.3. The van der Waals surface area contributed by atoms with E-state index in [2.05, 4.69) is 31.4 Å². The molecule has 0 saturated heterocycles. The van der Waals surface area contributed by atoms with Gasteiger partial charge in [-0.05, 0) is 66.4 Å². The summed E-state index contributed by atoms with van der Waals surface area (Å²) in [6.45, 7) is 4.41. The van der Waals surface area contributed by atoms with Gasteiger partial charge < -0.3 is 5.32 Å². The lowest BCUT2D eigenvalue weighted by molar-refractivity contribution is -0.117. The van der Waals surface area contributed by atoms with Crippen LogP contribution in [0, 0.1) is 13.8 Å². The van der Waals surface area contributed by atoms with E-state index in [0.717, 1.165) is 34.3 Å². The summed E-state index contributed by atoms with van der Waals surface area (Å²) < 4.78 is 30.3. The highest BCUT2D eigenvalue weighted by Gasteiger charge is 2.30. The first-order valence-corrected chi connectivity index (χ1v) is 10.5. The number of nitrogens with one attached hydrogen (secondary N) is 1. The third-order valence-electron chi connectivity index (χ3n) is 5.18. The fourth-order valence-corrected chi connectivity index (χ4v) is 3.76. The Balaban J connectivity index is 1.45. The van der Waals surface area contributed by atoms with E-state index in [9.17, 15) is 13.6 Å². The second-order valence-electron chi connectivity index (χ2n) is 7.62. The molecule has 2 heterocycles. The monoisotopic (exact) mass is 477 g/mol. The molecule has 0 spiro atoms. The Morgan fingerprint density at radius 1 is 1.23 bits per heavy atom. The van der Waals surface area contributed by atoms with Gasteiger partial charge in [-0.1, -0.05) is 12.1 Å². The summed E-state index contributed by atoms with van der Waals surface area (Å²) in [6, 6.07) is 8.94. The first kappa shape index (κ1) is 20.7. The molecular weight excluding hydrogens is 456 g/mol. The number of benzene rings is 1. The number of halogens is 3. The molecule has 6 nitrogen and oxygen atoms in total. The van der Waals surface area contributed by atoms with Crippen molar-refractivity contribution in [2.24, 2.45) is 0 Å². The van der Waals surface area contributed by atoms with Gasteiger partial charge in [-0.25, -0.2) is 8.78 Å². The summed E-state index contributed by atoms with van der Waals surface area (Å²) in [7, 11) is 0. The van der Waals surface area contributed by atoms with E-state index in [1.54, 1.807) is 6.07 Å². The summed E-state index contributed by atoms with van der Waals surface area (Å²) in [5.41, 5.74) is 4.02. The van der Waals surface area contributed by atoms with E-state index < -0.39 is 6.43 Å². The molecule has 0 aliphatic heterocycles. The van der Waals surface area contributed by atoms with Crippen molar-refractivity contribution in [3.05, 3.63) is 63.1 Å². The van der Waals surface area contributed by atoms with Gasteiger partial charge in [-0.3, -0.25) is 14.2 Å². The number of amides is 1. The molecule has 0 radical (unpaired) electrons. The Hall–Kier alpha value is -2.55. The van der Waals surface area contributed by atoms with E-state index in [-0.39, 0.29) is 24.1 Å². The molecule has 9 heteroatoms. The number of anilines is 1. The maximum Gasteiger partial charge on any atom is 0.282 e. The zero-order valence-corrected chi connectivity index (χ0v) is 18.3. The topological polar surface area (TPSA) is 64.7 Å². The van der Waals surface area contributed by atoms with Crippen LogP contribution in [0.4, 0.5) is 14.5 Å². The molecule has 158 valence electrons. The predicted molar refractivity (Wildman–Crippen MR) is 113 cm³/mol. The normalized spacial score (nSPS) is 13.8. The van der Waals surface area contributed by atoms with Crippen molar-refractivity contribution in [1.29, 1.82) is 0 Å². The number of nitrogens with zero attached hydrogens (tertiary/aromatic N) is 4. The molecule has 30 heavy (non-hydrogen) atoms. The number of hydrogen-bond acceptors (Lipinski definition) is 3. The molecule has 1 aromatic carbocycles. The van der Waals surface area contributed by atoms with Gasteiger partial charge in [0.2, 0.25) is 5.91 Å². The Morgan fingerprint density at radius 3 is 2.63 bits per heavy atom. The van der Waals surface area contributed by atoms with E-state index in [0.29, 0.717) is 17.9 Å². The minimum atomic E-state index is -2.64. The molecule has 4 rings (SSSR count). The number of carbonyl (C=O) groups is 1. The van der Waals surface area contributed by atoms with E-state index in [1.165, 1.54) is 10.7 Å². The molecule has 0 bridgehead atoms. The third-order valence-corrected chi connectivity index (χ3v) is 6.33. The highest BCUT2D eigenvalue weighted by molar-refractivity contribution is 9.10. The van der Waals surface area contributed by atoms with Gasteiger partial charge in [0.25, 0.3) is 6.43 Å². The van der Waals surface area contributed by atoms with Crippen molar-refractivity contribution < 1.29 is 13.6 Å². The molecular formula is C21H22BrF2N5O. The molecule has 0 atom stereocenters. The van der Waals surface area contributed by atoms with Crippen molar-refractivity contribution in [2.45, 2.75) is 52.1 Å². The SMILES string of the molecule is Cc1nn(Cc2cccc(NC(=O)Cn3nc(C(F)F)cc3C3CC3)c2)c(C)c1Br. The van der Waals surface area contributed by atoms with Crippen molar-refractivity contribution in [3.8, 4) is 0 Å². The maximum atomic E-state index is 13.0. The van der Waals surface area contributed by atoms with Crippen LogP contribution in [-0.4, -0.2) is 25.5 Å². The van der Waals surface area contributed by atoms with Crippen LogP contribution < -0.4 is 5.32 Å². The van der Waals surface area contributed by atoms with Crippen LogP contribution in [0.2, 0.25) is 0 Å². The van der Waals surface area contributed by atoms with Crippen LogP contribution >= 0.6 is 15.9 Å². The average Bonchev–Trinajstić information content (AvgIpc) is 3.41. The zero-order valence-electron chi connectivity index (χ0n) is 16.7. The summed E-state index contributed by atoms with van der Waals surface area (Å²) in [4.78, 5) is 12.5. The quantitative estimate of drug-likeness (QED) is 0.522. The molecule has 1 saturated carbocycles. The van der Waals surface area contributed by atoms with E-state index in [1.807, 2.05) is 36.7 Å². The van der Waals surface area contributed by atoms with Crippen LogP contribution in [-0.2, 0) is 17.9 Å². The van der Waals surface area contributed by atoms with Crippen LogP contribution in [0.1, 0.15) is 53.5 Å². The molecule has 2 aromatic heterocycles. The zero-order chi connectivity index (χ0) is 21.4. The lowest BCUT2D eigenvalue weighted by Crippen LogP contribution is -2.21. The minimum absolute atomic E-state index is 0.0901. The number of aryl methyl sites for hydroxylation is 1. The van der Waals surface area contributed by atoms with E-state index in [4.69, 9.17) is 0 Å². The average molecular weight is 478 g/mol. The summed E-state index contributed by atoms with van der Waals surface area (Å²) in [6.07, 6.45) is -0.751. The fraction of sp³-hybridized carbons (Fsp3) is 0.381. The number of alkyl halides is 2. The third kappa shape index (κ3) is 4.45. The van der Waals surface area contributed by atoms with Crippen molar-refractivity contribution in [1.82, 2.24) is 19.6 Å². The van der Waals surface area contributed by atoms with Crippen LogP contribution in [0.5, 0.6) is 0 Å². The number of hydrogen-bond donors (Lipinski definition) is 1. The molecule has 3 aromatic rings. The minimum Gasteiger partial charge on any atom is -0.324 e. The van der Waals surface area contributed by atoms with E-state index >= 15 is 0 Å². The van der Waals surface area contributed by atoms with Crippen LogP contribution in [0.25, 0.3) is 0 Å². The van der Waals surface area contributed by atoms with Crippen molar-refractivity contribution in [3.63, 3.8) is 0 Å². The van der Waals surface area contributed by atoms with Gasteiger partial charge >= 0.3 is 0 Å². The first-order valence-electron chi connectivity index (χ1n) is 9.76. The summed E-state index contributed by atoms with van der Waals surface area (Å²) >= 11 is 3.53. The molecule has 0 unspecified atom stereocenters. The molecule has 1 fully saturated rings. The van der Waals surface area contributed by atoms with Gasteiger partial charge in [-0.2, -0.15) is 10.2 Å².